The van der Waals surface area contributed by atoms with Gasteiger partial charge in [0, 0.05) is 5.69 Å². The van der Waals surface area contributed by atoms with Crippen molar-refractivity contribution in [2.75, 3.05) is 5.32 Å². The molecular formula is C18H16N2O2. The molecule has 0 saturated heterocycles. The fourth-order valence-electron chi connectivity index (χ4n) is 1.91. The van der Waals surface area contributed by atoms with Crippen LogP contribution in [0.5, 0.6) is 5.75 Å². The zero-order chi connectivity index (χ0) is 15.9. The SMILES string of the molecule is CCc1ccc(/C=C(/C#N)C(=O)Nc2ccc(O)cc2)cc1. The van der Waals surface area contributed by atoms with Gasteiger partial charge in [0.25, 0.3) is 5.91 Å². The lowest BCUT2D eigenvalue weighted by Crippen LogP contribution is -2.13. The van der Waals surface area contributed by atoms with E-state index in [0.717, 1.165) is 12.0 Å². The number of amides is 1. The highest BCUT2D eigenvalue weighted by molar-refractivity contribution is 6.09. The van der Waals surface area contributed by atoms with Crippen molar-refractivity contribution >= 4 is 17.7 Å². The van der Waals surface area contributed by atoms with E-state index in [1.165, 1.54) is 17.7 Å². The van der Waals surface area contributed by atoms with E-state index < -0.39 is 5.91 Å². The van der Waals surface area contributed by atoms with E-state index >= 15 is 0 Å². The molecule has 2 aromatic rings. The Balaban J connectivity index is 2.15. The quantitative estimate of drug-likeness (QED) is 0.514. The molecule has 4 heteroatoms. The molecule has 0 saturated carbocycles. The molecule has 0 aliphatic rings. The van der Waals surface area contributed by atoms with Crippen LogP contribution in [0.2, 0.25) is 0 Å². The Morgan fingerprint density at radius 1 is 1.18 bits per heavy atom. The Morgan fingerprint density at radius 2 is 1.82 bits per heavy atom. The molecule has 0 spiro atoms. The Bertz CT molecular complexity index is 723. The molecule has 0 radical (unpaired) electrons. The van der Waals surface area contributed by atoms with Gasteiger partial charge >= 0.3 is 0 Å². The van der Waals surface area contributed by atoms with Gasteiger partial charge in [-0.3, -0.25) is 4.79 Å². The molecular weight excluding hydrogens is 276 g/mol. The fraction of sp³-hybridized carbons (Fsp3) is 0.111. The molecule has 0 fully saturated rings. The second-order valence-corrected chi connectivity index (χ2v) is 4.77. The first-order chi connectivity index (χ1) is 10.6. The van der Waals surface area contributed by atoms with Crippen LogP contribution in [0.15, 0.2) is 54.1 Å². The Morgan fingerprint density at radius 3 is 2.36 bits per heavy atom. The third-order valence-electron chi connectivity index (χ3n) is 3.19. The van der Waals surface area contributed by atoms with Gasteiger partial charge in [-0.25, -0.2) is 0 Å². The maximum absolute atomic E-state index is 12.1. The fourth-order valence-corrected chi connectivity index (χ4v) is 1.91. The molecule has 0 heterocycles. The number of nitrogens with one attached hydrogen (secondary N) is 1. The first-order valence-electron chi connectivity index (χ1n) is 6.93. The van der Waals surface area contributed by atoms with Gasteiger partial charge in [0.1, 0.15) is 17.4 Å². The standard InChI is InChI=1S/C18H16N2O2/c1-2-13-3-5-14(6-4-13)11-15(12-19)18(22)20-16-7-9-17(21)10-8-16/h3-11,21H,2H2,1H3,(H,20,22)/b15-11-. The van der Waals surface area contributed by atoms with Crippen LogP contribution in [0.1, 0.15) is 18.1 Å². The molecule has 1 amide bonds. The highest BCUT2D eigenvalue weighted by Crippen LogP contribution is 2.15. The summed E-state index contributed by atoms with van der Waals surface area (Å²) in [5.74, 6) is -0.363. The van der Waals surface area contributed by atoms with Gasteiger partial charge in [-0.05, 0) is 47.9 Å². The van der Waals surface area contributed by atoms with Crippen LogP contribution >= 0.6 is 0 Å². The number of carbonyl (C=O) groups excluding carboxylic acids is 1. The van der Waals surface area contributed by atoms with Crippen LogP contribution in [0.4, 0.5) is 5.69 Å². The molecule has 0 aliphatic heterocycles. The van der Waals surface area contributed by atoms with E-state index in [2.05, 4.69) is 12.2 Å². The Hall–Kier alpha value is -3.06. The first-order valence-corrected chi connectivity index (χ1v) is 6.93. The molecule has 2 aromatic carbocycles. The number of rotatable bonds is 4. The number of aryl methyl sites for hydroxylation is 1. The Labute approximate surface area is 129 Å². The zero-order valence-electron chi connectivity index (χ0n) is 12.2. The molecule has 0 aromatic heterocycles. The van der Waals surface area contributed by atoms with Crippen LogP contribution in [-0.2, 0) is 11.2 Å². The number of aromatic hydroxyl groups is 1. The van der Waals surface area contributed by atoms with Gasteiger partial charge < -0.3 is 10.4 Å². The largest absolute Gasteiger partial charge is 0.508 e. The minimum atomic E-state index is -0.479. The van der Waals surface area contributed by atoms with Crippen molar-refractivity contribution in [3.8, 4) is 11.8 Å². The number of nitriles is 1. The highest BCUT2D eigenvalue weighted by Gasteiger charge is 2.09. The zero-order valence-corrected chi connectivity index (χ0v) is 12.2. The first kappa shape index (κ1) is 15.3. The van der Waals surface area contributed by atoms with E-state index in [1.807, 2.05) is 30.3 Å². The lowest BCUT2D eigenvalue weighted by atomic mass is 10.1. The predicted octanol–water partition coefficient (Wildman–Crippen LogP) is 3.50. The maximum Gasteiger partial charge on any atom is 0.266 e. The second-order valence-electron chi connectivity index (χ2n) is 4.77. The van der Waals surface area contributed by atoms with Crippen LogP contribution in [0, 0.1) is 11.3 Å². The van der Waals surface area contributed by atoms with Crippen LogP contribution in [-0.4, -0.2) is 11.0 Å². The van der Waals surface area contributed by atoms with Crippen molar-refractivity contribution in [2.45, 2.75) is 13.3 Å². The van der Waals surface area contributed by atoms with Crippen LogP contribution in [0.3, 0.4) is 0 Å². The number of nitrogens with zero attached hydrogens (tertiary/aromatic N) is 1. The van der Waals surface area contributed by atoms with Gasteiger partial charge in [-0.2, -0.15) is 5.26 Å². The normalized spacial score (nSPS) is 10.8. The van der Waals surface area contributed by atoms with Crippen LogP contribution in [0.25, 0.3) is 6.08 Å². The Kier molecular flexibility index (Phi) is 4.94. The number of benzene rings is 2. The minimum Gasteiger partial charge on any atom is -0.508 e. The average Bonchev–Trinajstić information content (AvgIpc) is 2.55. The summed E-state index contributed by atoms with van der Waals surface area (Å²) in [7, 11) is 0. The summed E-state index contributed by atoms with van der Waals surface area (Å²) < 4.78 is 0. The third kappa shape index (κ3) is 3.97. The lowest BCUT2D eigenvalue weighted by molar-refractivity contribution is -0.112. The molecule has 0 bridgehead atoms. The monoisotopic (exact) mass is 292 g/mol. The van der Waals surface area contributed by atoms with Crippen molar-refractivity contribution in [2.24, 2.45) is 0 Å². The van der Waals surface area contributed by atoms with Gasteiger partial charge in [-0.1, -0.05) is 31.2 Å². The minimum absolute atomic E-state index is 0.0253. The summed E-state index contributed by atoms with van der Waals surface area (Å²) in [4.78, 5) is 12.1. The summed E-state index contributed by atoms with van der Waals surface area (Å²) in [5, 5.41) is 21.0. The number of anilines is 1. The summed E-state index contributed by atoms with van der Waals surface area (Å²) in [5.41, 5.74) is 2.54. The highest BCUT2D eigenvalue weighted by atomic mass is 16.3. The lowest BCUT2D eigenvalue weighted by Gasteiger charge is -2.04. The number of phenols is 1. The molecule has 22 heavy (non-hydrogen) atoms. The van der Waals surface area contributed by atoms with E-state index in [4.69, 9.17) is 5.26 Å². The molecule has 4 nitrogen and oxygen atoms in total. The van der Waals surface area contributed by atoms with Crippen molar-refractivity contribution in [1.29, 1.82) is 5.26 Å². The third-order valence-corrected chi connectivity index (χ3v) is 3.19. The number of hydrogen-bond acceptors (Lipinski definition) is 3. The molecule has 2 rings (SSSR count). The van der Waals surface area contributed by atoms with Gasteiger partial charge in [0.15, 0.2) is 0 Å². The van der Waals surface area contributed by atoms with E-state index in [9.17, 15) is 9.90 Å². The van der Waals surface area contributed by atoms with Crippen LogP contribution < -0.4 is 5.32 Å². The van der Waals surface area contributed by atoms with Gasteiger partial charge in [-0.15, -0.1) is 0 Å². The number of hydrogen-bond donors (Lipinski definition) is 2. The molecule has 0 aliphatic carbocycles. The maximum atomic E-state index is 12.1. The summed E-state index contributed by atoms with van der Waals surface area (Å²) in [6.07, 6.45) is 2.49. The molecule has 110 valence electrons. The van der Waals surface area contributed by atoms with Crippen molar-refractivity contribution in [3.05, 3.63) is 65.2 Å². The molecule has 0 unspecified atom stereocenters. The second kappa shape index (κ2) is 7.09. The molecule has 0 atom stereocenters. The number of carbonyl (C=O) groups is 1. The van der Waals surface area contributed by atoms with Gasteiger partial charge in [0.05, 0.1) is 0 Å². The molecule has 2 N–H and O–H groups in total. The smallest absolute Gasteiger partial charge is 0.266 e. The van der Waals surface area contributed by atoms with E-state index in [1.54, 1.807) is 18.2 Å². The predicted molar refractivity (Wildman–Crippen MR) is 86.1 cm³/mol. The summed E-state index contributed by atoms with van der Waals surface area (Å²) in [6.45, 7) is 2.07. The van der Waals surface area contributed by atoms with Crippen molar-refractivity contribution in [3.63, 3.8) is 0 Å². The van der Waals surface area contributed by atoms with Gasteiger partial charge in [0.2, 0.25) is 0 Å². The average molecular weight is 292 g/mol. The van der Waals surface area contributed by atoms with Crippen molar-refractivity contribution in [1.82, 2.24) is 0 Å². The van der Waals surface area contributed by atoms with E-state index in [-0.39, 0.29) is 11.3 Å². The topological polar surface area (TPSA) is 73.1 Å². The summed E-state index contributed by atoms with van der Waals surface area (Å²) >= 11 is 0. The van der Waals surface area contributed by atoms with Crippen molar-refractivity contribution < 1.29 is 9.90 Å². The summed E-state index contributed by atoms with van der Waals surface area (Å²) in [6, 6.07) is 15.7. The van der Waals surface area contributed by atoms with E-state index in [0.29, 0.717) is 5.69 Å². The number of phenolic OH excluding ortho intramolecular Hbond substituents is 1.